The summed E-state index contributed by atoms with van der Waals surface area (Å²) >= 11 is 1.41. The van der Waals surface area contributed by atoms with Crippen LogP contribution in [-0.2, 0) is 4.79 Å². The van der Waals surface area contributed by atoms with E-state index in [1.165, 1.54) is 11.8 Å². The Labute approximate surface area is 156 Å². The molecule has 2 aliphatic rings. The van der Waals surface area contributed by atoms with Gasteiger partial charge in [-0.15, -0.1) is 0 Å². The molecule has 0 unspecified atom stereocenters. The maximum absolute atomic E-state index is 12.6. The minimum atomic E-state index is -0.205. The van der Waals surface area contributed by atoms with E-state index >= 15 is 0 Å². The van der Waals surface area contributed by atoms with Gasteiger partial charge in [0.2, 0.25) is 0 Å². The van der Waals surface area contributed by atoms with Gasteiger partial charge < -0.3 is 4.90 Å². The standard InChI is InChI=1S/C21H17N3OS/c1-23-15-9-8-14-18(23)19-20(25)22-21(26-19)24(16-10-4-2-5-11-16)17-12-6-3-7-13-17/h2-15H,1H3. The number of thioether (sulfide) groups is 1. The fourth-order valence-corrected chi connectivity index (χ4v) is 3.90. The fourth-order valence-electron chi connectivity index (χ4n) is 2.84. The van der Waals surface area contributed by atoms with Crippen LogP contribution in [0.4, 0.5) is 11.4 Å². The molecule has 128 valence electrons. The second kappa shape index (κ2) is 7.06. The van der Waals surface area contributed by atoms with Gasteiger partial charge in [0.1, 0.15) is 4.91 Å². The van der Waals surface area contributed by atoms with E-state index in [2.05, 4.69) is 4.99 Å². The van der Waals surface area contributed by atoms with E-state index in [1.807, 2.05) is 102 Å². The van der Waals surface area contributed by atoms with Crippen LogP contribution in [0, 0.1) is 0 Å². The number of hydrogen-bond donors (Lipinski definition) is 0. The van der Waals surface area contributed by atoms with E-state index in [1.54, 1.807) is 0 Å². The Morgan fingerprint density at radius 2 is 1.54 bits per heavy atom. The van der Waals surface area contributed by atoms with Crippen LogP contribution >= 0.6 is 11.8 Å². The number of amidine groups is 1. The predicted octanol–water partition coefficient (Wildman–Crippen LogP) is 4.68. The number of likely N-dealkylation sites (N-methyl/N-ethyl adjacent to an activating group) is 1. The average Bonchev–Trinajstić information content (AvgIpc) is 3.05. The summed E-state index contributed by atoms with van der Waals surface area (Å²) in [5, 5.41) is 0.659. The summed E-state index contributed by atoms with van der Waals surface area (Å²) < 4.78 is 0. The van der Waals surface area contributed by atoms with Crippen molar-refractivity contribution in [3.8, 4) is 0 Å². The van der Waals surface area contributed by atoms with Gasteiger partial charge in [0.05, 0.1) is 5.70 Å². The molecular weight excluding hydrogens is 342 g/mol. The molecule has 26 heavy (non-hydrogen) atoms. The van der Waals surface area contributed by atoms with Gasteiger partial charge in [0, 0.05) is 24.6 Å². The molecule has 2 aromatic rings. The number of anilines is 2. The summed E-state index contributed by atoms with van der Waals surface area (Å²) in [6, 6.07) is 19.9. The van der Waals surface area contributed by atoms with Crippen molar-refractivity contribution in [2.45, 2.75) is 0 Å². The molecule has 4 rings (SSSR count). The molecule has 2 heterocycles. The van der Waals surface area contributed by atoms with Crippen LogP contribution in [0.5, 0.6) is 0 Å². The van der Waals surface area contributed by atoms with Gasteiger partial charge >= 0.3 is 0 Å². The average molecular weight is 359 g/mol. The monoisotopic (exact) mass is 359 g/mol. The van der Waals surface area contributed by atoms with Crippen molar-refractivity contribution in [2.75, 3.05) is 11.9 Å². The summed E-state index contributed by atoms with van der Waals surface area (Å²) in [5.41, 5.74) is 2.80. The molecule has 0 aliphatic carbocycles. The van der Waals surface area contributed by atoms with Gasteiger partial charge in [-0.25, -0.2) is 0 Å². The second-order valence-corrected chi connectivity index (χ2v) is 6.81. The summed E-state index contributed by atoms with van der Waals surface area (Å²) in [6.07, 6.45) is 7.74. The Morgan fingerprint density at radius 1 is 0.923 bits per heavy atom. The molecule has 2 aromatic carbocycles. The largest absolute Gasteiger partial charge is 0.350 e. The predicted molar refractivity (Wildman–Crippen MR) is 108 cm³/mol. The van der Waals surface area contributed by atoms with Crippen molar-refractivity contribution in [1.29, 1.82) is 0 Å². The Bertz CT molecular complexity index is 906. The number of benzene rings is 2. The lowest BCUT2D eigenvalue weighted by molar-refractivity contribution is -0.113. The lowest BCUT2D eigenvalue weighted by Crippen LogP contribution is -2.21. The van der Waals surface area contributed by atoms with Crippen LogP contribution < -0.4 is 4.90 Å². The number of nitrogens with zero attached hydrogens (tertiary/aromatic N) is 3. The molecule has 0 radical (unpaired) electrons. The highest BCUT2D eigenvalue weighted by atomic mass is 32.2. The Hall–Kier alpha value is -3.05. The molecule has 0 N–H and O–H groups in total. The number of allylic oxidation sites excluding steroid dienone is 3. The first-order chi connectivity index (χ1) is 12.7. The van der Waals surface area contributed by atoms with E-state index in [-0.39, 0.29) is 5.91 Å². The number of amides is 1. The normalized spacial score (nSPS) is 19.0. The number of carbonyl (C=O) groups is 1. The molecule has 4 nitrogen and oxygen atoms in total. The number of rotatable bonds is 2. The second-order valence-electron chi connectivity index (χ2n) is 5.83. The molecular formula is C21H17N3OS. The molecule has 0 atom stereocenters. The minimum absolute atomic E-state index is 0.205. The van der Waals surface area contributed by atoms with E-state index in [4.69, 9.17) is 0 Å². The van der Waals surface area contributed by atoms with Gasteiger partial charge in [-0.2, -0.15) is 4.99 Å². The SMILES string of the molecule is CN1C=CC=CC1=C1SC(N(c2ccccc2)c2ccccc2)=NC1=O. The Morgan fingerprint density at radius 3 is 2.12 bits per heavy atom. The van der Waals surface area contributed by atoms with Crippen LogP contribution in [0.15, 0.2) is 101 Å². The van der Waals surface area contributed by atoms with Crippen LogP contribution in [0.25, 0.3) is 0 Å². The molecule has 0 spiro atoms. The highest BCUT2D eigenvalue weighted by Gasteiger charge is 2.31. The highest BCUT2D eigenvalue weighted by Crippen LogP contribution is 2.38. The van der Waals surface area contributed by atoms with E-state index < -0.39 is 0 Å². The maximum Gasteiger partial charge on any atom is 0.288 e. The molecule has 5 heteroatoms. The lowest BCUT2D eigenvalue weighted by atomic mass is 10.2. The summed E-state index contributed by atoms with van der Waals surface area (Å²) in [5.74, 6) is -0.205. The minimum Gasteiger partial charge on any atom is -0.350 e. The van der Waals surface area contributed by atoms with Gasteiger partial charge in [-0.05, 0) is 48.2 Å². The lowest BCUT2D eigenvalue weighted by Gasteiger charge is -2.24. The first kappa shape index (κ1) is 16.4. The summed E-state index contributed by atoms with van der Waals surface area (Å²) in [4.78, 5) is 21.6. The number of hydrogen-bond acceptors (Lipinski definition) is 4. The van der Waals surface area contributed by atoms with Gasteiger partial charge in [-0.1, -0.05) is 42.5 Å². The zero-order chi connectivity index (χ0) is 17.9. The molecule has 0 saturated carbocycles. The van der Waals surface area contributed by atoms with E-state index in [0.717, 1.165) is 17.1 Å². The van der Waals surface area contributed by atoms with Crippen molar-refractivity contribution < 1.29 is 4.79 Å². The zero-order valence-corrected chi connectivity index (χ0v) is 15.1. The molecule has 0 fully saturated rings. The summed E-state index contributed by atoms with van der Waals surface area (Å²) in [6.45, 7) is 0. The quantitative estimate of drug-likeness (QED) is 0.730. The third-order valence-electron chi connectivity index (χ3n) is 4.09. The smallest absolute Gasteiger partial charge is 0.288 e. The fraction of sp³-hybridized carbons (Fsp3) is 0.0476. The molecule has 0 saturated heterocycles. The van der Waals surface area contributed by atoms with Crippen molar-refractivity contribution in [2.24, 2.45) is 4.99 Å². The highest BCUT2D eigenvalue weighted by molar-refractivity contribution is 8.18. The molecule has 2 aliphatic heterocycles. The van der Waals surface area contributed by atoms with Gasteiger partial charge in [0.25, 0.3) is 5.91 Å². The first-order valence-electron chi connectivity index (χ1n) is 8.27. The Balaban J connectivity index is 1.75. The maximum atomic E-state index is 12.6. The van der Waals surface area contributed by atoms with Crippen LogP contribution in [0.2, 0.25) is 0 Å². The molecule has 1 amide bonds. The van der Waals surface area contributed by atoms with Crippen LogP contribution in [0.1, 0.15) is 0 Å². The summed E-state index contributed by atoms with van der Waals surface area (Å²) in [7, 11) is 1.93. The van der Waals surface area contributed by atoms with E-state index in [0.29, 0.717) is 10.1 Å². The van der Waals surface area contributed by atoms with E-state index in [9.17, 15) is 4.79 Å². The zero-order valence-electron chi connectivity index (χ0n) is 14.2. The van der Waals surface area contributed by atoms with Gasteiger partial charge in [0.15, 0.2) is 5.17 Å². The topological polar surface area (TPSA) is 35.9 Å². The van der Waals surface area contributed by atoms with Crippen molar-refractivity contribution >= 4 is 34.2 Å². The third-order valence-corrected chi connectivity index (χ3v) is 5.14. The Kier molecular flexibility index (Phi) is 4.46. The van der Waals surface area contributed by atoms with Crippen LogP contribution in [-0.4, -0.2) is 23.0 Å². The van der Waals surface area contributed by atoms with Crippen LogP contribution in [0.3, 0.4) is 0 Å². The van der Waals surface area contributed by atoms with Gasteiger partial charge in [-0.3, -0.25) is 9.69 Å². The molecule has 0 bridgehead atoms. The number of aliphatic imine (C=N–C) groups is 1. The third kappa shape index (κ3) is 3.09. The van der Waals surface area contributed by atoms with Crippen molar-refractivity contribution in [3.05, 3.63) is 95.7 Å². The molecule has 0 aromatic heterocycles. The van der Waals surface area contributed by atoms with Crippen molar-refractivity contribution in [1.82, 2.24) is 4.90 Å². The number of carbonyl (C=O) groups excluding carboxylic acids is 1. The van der Waals surface area contributed by atoms with Crippen molar-refractivity contribution in [3.63, 3.8) is 0 Å². The number of para-hydroxylation sites is 2. The first-order valence-corrected chi connectivity index (χ1v) is 9.09.